The maximum absolute atomic E-state index is 12.9. The highest BCUT2D eigenvalue weighted by Crippen LogP contribution is 2.29. The number of ketones is 1. The third kappa shape index (κ3) is 5.30. The van der Waals surface area contributed by atoms with Gasteiger partial charge in [-0.2, -0.15) is 0 Å². The molecule has 1 amide bonds. The van der Waals surface area contributed by atoms with E-state index in [1.54, 1.807) is 0 Å². The van der Waals surface area contributed by atoms with E-state index in [-0.39, 0.29) is 24.0 Å². The van der Waals surface area contributed by atoms with Crippen LogP contribution in [0.1, 0.15) is 53.4 Å². The Morgan fingerprint density at radius 2 is 1.87 bits per heavy atom. The quantitative estimate of drug-likeness (QED) is 0.717. The zero-order valence-corrected chi connectivity index (χ0v) is 14.8. The lowest BCUT2D eigenvalue weighted by Gasteiger charge is -2.33. The Morgan fingerprint density at radius 3 is 2.35 bits per heavy atom. The van der Waals surface area contributed by atoms with Gasteiger partial charge in [-0.3, -0.25) is 14.4 Å². The molecule has 0 radical (unpaired) electrons. The maximum Gasteiger partial charge on any atom is 0.306 e. The van der Waals surface area contributed by atoms with Gasteiger partial charge in [-0.05, 0) is 32.6 Å². The second-order valence-corrected chi connectivity index (χ2v) is 7.24. The van der Waals surface area contributed by atoms with Crippen LogP contribution in [0.2, 0.25) is 0 Å². The molecule has 6 nitrogen and oxygen atoms in total. The van der Waals surface area contributed by atoms with Gasteiger partial charge in [0.05, 0.1) is 31.1 Å². The first-order valence-corrected chi connectivity index (χ1v) is 8.20. The molecule has 1 aliphatic rings. The Kier molecular flexibility index (Phi) is 6.74. The Balaban J connectivity index is 2.93. The number of ether oxygens (including phenoxy) is 1. The SMILES string of the molecule is COC(=O)CC(C(=O)N1CCCC1C(=O)CC(C)C)C(C)(C)O. The first-order chi connectivity index (χ1) is 10.6. The van der Waals surface area contributed by atoms with Crippen molar-refractivity contribution in [2.45, 2.75) is 65.0 Å². The topological polar surface area (TPSA) is 83.9 Å². The lowest BCUT2D eigenvalue weighted by Crippen LogP contribution is -2.50. The van der Waals surface area contributed by atoms with E-state index in [2.05, 4.69) is 4.74 Å². The maximum atomic E-state index is 12.9. The van der Waals surface area contributed by atoms with Crippen molar-refractivity contribution in [1.82, 2.24) is 4.90 Å². The second-order valence-electron chi connectivity index (χ2n) is 7.24. The highest BCUT2D eigenvalue weighted by Gasteiger charge is 2.42. The van der Waals surface area contributed by atoms with Crippen LogP contribution in [-0.2, 0) is 19.1 Å². The van der Waals surface area contributed by atoms with Crippen molar-refractivity contribution in [2.75, 3.05) is 13.7 Å². The molecule has 1 fully saturated rings. The number of nitrogens with zero attached hydrogens (tertiary/aromatic N) is 1. The van der Waals surface area contributed by atoms with Gasteiger partial charge in [0.2, 0.25) is 5.91 Å². The Morgan fingerprint density at radius 1 is 1.26 bits per heavy atom. The summed E-state index contributed by atoms with van der Waals surface area (Å²) in [5, 5.41) is 10.3. The molecule has 1 saturated heterocycles. The van der Waals surface area contributed by atoms with Crippen LogP contribution in [0.15, 0.2) is 0 Å². The highest BCUT2D eigenvalue weighted by molar-refractivity contribution is 5.92. The number of amides is 1. The van der Waals surface area contributed by atoms with Crippen LogP contribution in [0.4, 0.5) is 0 Å². The summed E-state index contributed by atoms with van der Waals surface area (Å²) < 4.78 is 4.63. The average molecular weight is 327 g/mol. The number of hydrogen-bond acceptors (Lipinski definition) is 5. The molecule has 2 unspecified atom stereocenters. The van der Waals surface area contributed by atoms with Gasteiger partial charge in [0.15, 0.2) is 5.78 Å². The summed E-state index contributed by atoms with van der Waals surface area (Å²) in [5.41, 5.74) is -1.36. The fourth-order valence-corrected chi connectivity index (χ4v) is 2.99. The van der Waals surface area contributed by atoms with Gasteiger partial charge in [-0.1, -0.05) is 13.8 Å². The van der Waals surface area contributed by atoms with Crippen LogP contribution in [-0.4, -0.2) is 53.0 Å². The van der Waals surface area contributed by atoms with Gasteiger partial charge in [0.25, 0.3) is 0 Å². The zero-order chi connectivity index (χ0) is 17.8. The minimum Gasteiger partial charge on any atom is -0.469 e. The van der Waals surface area contributed by atoms with Gasteiger partial charge in [0, 0.05) is 13.0 Å². The van der Waals surface area contributed by atoms with E-state index in [9.17, 15) is 19.5 Å². The van der Waals surface area contributed by atoms with E-state index in [4.69, 9.17) is 0 Å². The lowest BCUT2D eigenvalue weighted by atomic mass is 9.86. The largest absolute Gasteiger partial charge is 0.469 e. The van der Waals surface area contributed by atoms with Crippen molar-refractivity contribution >= 4 is 17.7 Å². The Bertz CT molecular complexity index is 452. The molecule has 0 aliphatic carbocycles. The van der Waals surface area contributed by atoms with Crippen LogP contribution < -0.4 is 0 Å². The third-order valence-electron chi connectivity index (χ3n) is 4.27. The smallest absolute Gasteiger partial charge is 0.306 e. The minimum absolute atomic E-state index is 0.0541. The average Bonchev–Trinajstić information content (AvgIpc) is 2.91. The van der Waals surface area contributed by atoms with Crippen molar-refractivity contribution in [1.29, 1.82) is 0 Å². The van der Waals surface area contributed by atoms with Crippen molar-refractivity contribution in [3.8, 4) is 0 Å². The molecular formula is C17H29NO5. The van der Waals surface area contributed by atoms with Gasteiger partial charge < -0.3 is 14.7 Å². The van der Waals surface area contributed by atoms with Crippen LogP contribution in [0.3, 0.4) is 0 Å². The lowest BCUT2D eigenvalue weighted by molar-refractivity contribution is -0.155. The number of aliphatic hydroxyl groups is 1. The third-order valence-corrected chi connectivity index (χ3v) is 4.27. The Hall–Kier alpha value is -1.43. The van der Waals surface area contributed by atoms with Gasteiger partial charge in [-0.15, -0.1) is 0 Å². The van der Waals surface area contributed by atoms with Crippen LogP contribution in [0.25, 0.3) is 0 Å². The molecule has 1 N–H and O–H groups in total. The molecule has 132 valence electrons. The predicted octanol–water partition coefficient (Wildman–Crippen LogP) is 1.54. The number of hydrogen-bond donors (Lipinski definition) is 1. The van der Waals surface area contributed by atoms with E-state index in [1.165, 1.54) is 25.9 Å². The summed E-state index contributed by atoms with van der Waals surface area (Å²) in [4.78, 5) is 38.3. The molecule has 23 heavy (non-hydrogen) atoms. The molecule has 0 aromatic rings. The molecule has 0 aromatic carbocycles. The first-order valence-electron chi connectivity index (χ1n) is 8.20. The molecule has 1 heterocycles. The van der Waals surface area contributed by atoms with Gasteiger partial charge >= 0.3 is 5.97 Å². The number of Topliss-reactive ketones (excluding diaryl/α,β-unsaturated/α-hetero) is 1. The molecule has 1 aliphatic heterocycles. The fraction of sp³-hybridized carbons (Fsp3) is 0.824. The number of carbonyl (C=O) groups excluding carboxylic acids is 3. The molecule has 2 atom stereocenters. The molecule has 0 aromatic heterocycles. The predicted molar refractivity (Wildman–Crippen MR) is 85.6 cm³/mol. The van der Waals surface area contributed by atoms with E-state index < -0.39 is 23.5 Å². The molecular weight excluding hydrogens is 298 g/mol. The number of methoxy groups -OCH3 is 1. The summed E-state index contributed by atoms with van der Waals surface area (Å²) in [6, 6.07) is -0.438. The normalized spacial score (nSPS) is 19.8. The second kappa shape index (κ2) is 7.90. The molecule has 1 rings (SSSR count). The van der Waals surface area contributed by atoms with Crippen molar-refractivity contribution in [3.63, 3.8) is 0 Å². The van der Waals surface area contributed by atoms with E-state index >= 15 is 0 Å². The molecule has 0 spiro atoms. The number of esters is 1. The van der Waals surface area contributed by atoms with Crippen molar-refractivity contribution in [3.05, 3.63) is 0 Å². The van der Waals surface area contributed by atoms with Gasteiger partial charge in [-0.25, -0.2) is 0 Å². The monoisotopic (exact) mass is 327 g/mol. The van der Waals surface area contributed by atoms with E-state index in [0.717, 1.165) is 6.42 Å². The number of carbonyl (C=O) groups is 3. The summed E-state index contributed by atoms with van der Waals surface area (Å²) in [5.74, 6) is -1.52. The molecule has 0 bridgehead atoms. The van der Waals surface area contributed by atoms with Crippen LogP contribution in [0, 0.1) is 11.8 Å². The van der Waals surface area contributed by atoms with E-state index in [0.29, 0.717) is 19.4 Å². The van der Waals surface area contributed by atoms with E-state index in [1.807, 2.05) is 13.8 Å². The first kappa shape index (κ1) is 19.6. The Labute approximate surface area is 138 Å². The zero-order valence-electron chi connectivity index (χ0n) is 14.8. The summed E-state index contributed by atoms with van der Waals surface area (Å²) >= 11 is 0. The fourth-order valence-electron chi connectivity index (χ4n) is 2.99. The summed E-state index contributed by atoms with van der Waals surface area (Å²) in [6.07, 6.45) is 1.64. The number of likely N-dealkylation sites (tertiary alicyclic amines) is 1. The standard InChI is InChI=1S/C17H29NO5/c1-11(2)9-14(19)13-7-6-8-18(13)16(21)12(17(3,4)22)10-15(20)23-5/h11-13,22H,6-10H2,1-5H3. The van der Waals surface area contributed by atoms with Crippen LogP contribution >= 0.6 is 0 Å². The van der Waals surface area contributed by atoms with Gasteiger partial charge in [0.1, 0.15) is 0 Å². The molecule has 0 saturated carbocycles. The van der Waals surface area contributed by atoms with Crippen molar-refractivity contribution in [2.24, 2.45) is 11.8 Å². The minimum atomic E-state index is -1.36. The highest BCUT2D eigenvalue weighted by atomic mass is 16.5. The summed E-state index contributed by atoms with van der Waals surface area (Å²) in [6.45, 7) is 7.42. The number of rotatable bonds is 7. The summed E-state index contributed by atoms with van der Waals surface area (Å²) in [7, 11) is 1.25. The van der Waals surface area contributed by atoms with Crippen LogP contribution in [0.5, 0.6) is 0 Å². The molecule has 6 heteroatoms. The van der Waals surface area contributed by atoms with Crippen molar-refractivity contribution < 1.29 is 24.2 Å².